The van der Waals surface area contributed by atoms with Crippen molar-refractivity contribution in [3.8, 4) is 0 Å². The molecule has 2 heterocycles. The van der Waals surface area contributed by atoms with E-state index in [0.717, 1.165) is 43.5 Å². The fourth-order valence-electron chi connectivity index (χ4n) is 3.87. The molecule has 0 saturated carbocycles. The minimum absolute atomic E-state index is 0.236. The number of hydrogen-bond donors (Lipinski definition) is 0. The van der Waals surface area contributed by atoms with Crippen LogP contribution < -0.4 is 0 Å². The maximum Gasteiger partial charge on any atom is 0.278 e. The maximum atomic E-state index is 13.4. The summed E-state index contributed by atoms with van der Waals surface area (Å²) in [5.41, 5.74) is 3.47. The molecule has 0 radical (unpaired) electrons. The number of rotatable bonds is 4. The molecular weight excluding hydrogens is 355 g/mol. The molecule has 1 saturated heterocycles. The molecule has 2 amide bonds. The lowest BCUT2D eigenvalue weighted by Gasteiger charge is -2.29. The maximum absolute atomic E-state index is 13.4. The Bertz CT molecular complexity index is 926. The summed E-state index contributed by atoms with van der Waals surface area (Å²) in [4.78, 5) is 29.9. The lowest BCUT2D eigenvalue weighted by molar-refractivity contribution is -0.138. The Morgan fingerprint density at radius 2 is 1.50 bits per heavy atom. The molecule has 144 valence electrons. The first-order valence-corrected chi connectivity index (χ1v) is 9.71. The molecule has 0 aromatic heterocycles. The minimum Gasteiger partial charge on any atom is -0.366 e. The van der Waals surface area contributed by atoms with E-state index in [1.807, 2.05) is 36.1 Å². The van der Waals surface area contributed by atoms with Crippen LogP contribution in [0.25, 0.3) is 5.57 Å². The molecule has 0 spiro atoms. The number of likely N-dealkylation sites (tertiary alicyclic amines) is 1. The van der Waals surface area contributed by atoms with Crippen molar-refractivity contribution in [2.75, 3.05) is 13.1 Å². The largest absolute Gasteiger partial charge is 0.366 e. The number of benzene rings is 2. The average molecular weight is 378 g/mol. The number of hydrogen-bond acceptors (Lipinski definition) is 3. The summed E-state index contributed by atoms with van der Waals surface area (Å²) < 4.78 is 13.4. The summed E-state index contributed by atoms with van der Waals surface area (Å²) in [5, 5.41) is 0. The molecule has 0 N–H and O–H groups in total. The van der Waals surface area contributed by atoms with E-state index in [0.29, 0.717) is 16.8 Å². The fourth-order valence-corrected chi connectivity index (χ4v) is 3.87. The monoisotopic (exact) mass is 378 g/mol. The van der Waals surface area contributed by atoms with Crippen molar-refractivity contribution in [3.05, 3.63) is 76.7 Å². The number of carbonyl (C=O) groups excluding carboxylic acids is 2. The quantitative estimate of drug-likeness (QED) is 0.758. The van der Waals surface area contributed by atoms with Gasteiger partial charge >= 0.3 is 0 Å². The number of amides is 2. The Labute approximate surface area is 164 Å². The third-order valence-electron chi connectivity index (χ3n) is 5.41. The molecule has 0 aliphatic carbocycles. The van der Waals surface area contributed by atoms with Gasteiger partial charge in [-0.05, 0) is 49.4 Å². The second-order valence-corrected chi connectivity index (χ2v) is 7.46. The van der Waals surface area contributed by atoms with Gasteiger partial charge < -0.3 is 4.90 Å². The first-order chi connectivity index (χ1) is 13.5. The van der Waals surface area contributed by atoms with E-state index in [9.17, 15) is 14.0 Å². The van der Waals surface area contributed by atoms with Crippen molar-refractivity contribution in [1.82, 2.24) is 9.80 Å². The zero-order valence-electron chi connectivity index (χ0n) is 16.0. The van der Waals surface area contributed by atoms with E-state index in [2.05, 4.69) is 0 Å². The summed E-state index contributed by atoms with van der Waals surface area (Å²) in [6.45, 7) is 3.76. The summed E-state index contributed by atoms with van der Waals surface area (Å²) >= 11 is 0. The van der Waals surface area contributed by atoms with E-state index in [1.54, 1.807) is 12.1 Å². The van der Waals surface area contributed by atoms with E-state index < -0.39 is 0 Å². The third-order valence-corrected chi connectivity index (χ3v) is 5.41. The van der Waals surface area contributed by atoms with Gasteiger partial charge in [0.15, 0.2) is 0 Å². The van der Waals surface area contributed by atoms with Crippen molar-refractivity contribution in [2.45, 2.75) is 32.7 Å². The molecule has 0 bridgehead atoms. The first-order valence-electron chi connectivity index (χ1n) is 9.71. The zero-order valence-corrected chi connectivity index (χ0v) is 16.0. The molecule has 0 unspecified atom stereocenters. The minimum atomic E-state index is -0.364. The van der Waals surface area contributed by atoms with Gasteiger partial charge in [0.2, 0.25) is 0 Å². The number of imide groups is 1. The Hall–Kier alpha value is -2.95. The van der Waals surface area contributed by atoms with Crippen LogP contribution in [0.2, 0.25) is 0 Å². The van der Waals surface area contributed by atoms with Crippen LogP contribution in [-0.4, -0.2) is 34.7 Å². The first kappa shape index (κ1) is 18.4. The van der Waals surface area contributed by atoms with Gasteiger partial charge in [-0.25, -0.2) is 4.39 Å². The van der Waals surface area contributed by atoms with Crippen LogP contribution in [-0.2, 0) is 16.1 Å². The van der Waals surface area contributed by atoms with Crippen LogP contribution in [0, 0.1) is 12.7 Å². The Kier molecular flexibility index (Phi) is 4.99. The molecule has 5 heteroatoms. The van der Waals surface area contributed by atoms with Crippen LogP contribution in [0.5, 0.6) is 0 Å². The van der Waals surface area contributed by atoms with Gasteiger partial charge in [-0.3, -0.25) is 14.5 Å². The lowest BCUT2D eigenvalue weighted by Crippen LogP contribution is -2.36. The predicted octanol–water partition coefficient (Wildman–Crippen LogP) is 3.90. The van der Waals surface area contributed by atoms with Gasteiger partial charge in [0, 0.05) is 13.1 Å². The Morgan fingerprint density at radius 3 is 2.14 bits per heavy atom. The van der Waals surface area contributed by atoms with E-state index >= 15 is 0 Å². The average Bonchev–Trinajstić information content (AvgIpc) is 2.95. The highest BCUT2D eigenvalue weighted by molar-refractivity contribution is 6.35. The number of nitrogens with zero attached hydrogens (tertiary/aromatic N) is 2. The molecular formula is C23H23FN2O2. The second kappa shape index (κ2) is 7.58. The molecule has 0 atom stereocenters. The van der Waals surface area contributed by atoms with Crippen molar-refractivity contribution in [1.29, 1.82) is 0 Å². The summed E-state index contributed by atoms with van der Waals surface area (Å²) in [6, 6.07) is 13.6. The number of piperidine rings is 1. The van der Waals surface area contributed by atoms with Crippen molar-refractivity contribution in [3.63, 3.8) is 0 Å². The highest BCUT2D eigenvalue weighted by Crippen LogP contribution is 2.34. The van der Waals surface area contributed by atoms with Crippen LogP contribution in [0.3, 0.4) is 0 Å². The number of halogens is 1. The number of carbonyl (C=O) groups is 2. The molecule has 2 aliphatic rings. The van der Waals surface area contributed by atoms with Gasteiger partial charge in [-0.1, -0.05) is 42.0 Å². The lowest BCUT2D eigenvalue weighted by atomic mass is 10.0. The zero-order chi connectivity index (χ0) is 19.7. The molecule has 2 aromatic rings. The third kappa shape index (κ3) is 3.44. The van der Waals surface area contributed by atoms with Gasteiger partial charge in [0.1, 0.15) is 11.5 Å². The van der Waals surface area contributed by atoms with Crippen LogP contribution in [0.4, 0.5) is 4.39 Å². The van der Waals surface area contributed by atoms with E-state index in [4.69, 9.17) is 0 Å². The van der Waals surface area contributed by atoms with Gasteiger partial charge in [-0.2, -0.15) is 0 Å². The SMILES string of the molecule is Cc1ccc(CN2C(=O)C(c3ccc(F)cc3)=C(N3CCCCC3)C2=O)cc1. The smallest absolute Gasteiger partial charge is 0.278 e. The standard InChI is InChI=1S/C23H23FN2O2/c1-16-5-7-17(8-6-16)15-26-22(27)20(18-9-11-19(24)12-10-18)21(23(26)28)25-13-3-2-4-14-25/h5-12H,2-4,13-15H2,1H3. The van der Waals surface area contributed by atoms with Crippen LogP contribution in [0.1, 0.15) is 36.0 Å². The molecule has 4 nitrogen and oxygen atoms in total. The van der Waals surface area contributed by atoms with E-state index in [1.165, 1.54) is 17.0 Å². The number of aryl methyl sites for hydroxylation is 1. The molecule has 4 rings (SSSR count). The predicted molar refractivity (Wildman–Crippen MR) is 105 cm³/mol. The molecule has 2 aliphatic heterocycles. The van der Waals surface area contributed by atoms with Crippen molar-refractivity contribution in [2.24, 2.45) is 0 Å². The summed E-state index contributed by atoms with van der Waals surface area (Å²) in [6.07, 6.45) is 3.13. The van der Waals surface area contributed by atoms with Gasteiger partial charge in [-0.15, -0.1) is 0 Å². The van der Waals surface area contributed by atoms with Crippen molar-refractivity contribution < 1.29 is 14.0 Å². The molecule has 1 fully saturated rings. The Morgan fingerprint density at radius 1 is 0.857 bits per heavy atom. The van der Waals surface area contributed by atoms with E-state index in [-0.39, 0.29) is 24.2 Å². The van der Waals surface area contributed by atoms with Gasteiger partial charge in [0.25, 0.3) is 11.8 Å². The molecule has 2 aromatic carbocycles. The van der Waals surface area contributed by atoms with Crippen LogP contribution >= 0.6 is 0 Å². The normalized spacial score (nSPS) is 17.6. The Balaban J connectivity index is 1.72. The fraction of sp³-hybridized carbons (Fsp3) is 0.304. The highest BCUT2D eigenvalue weighted by atomic mass is 19.1. The van der Waals surface area contributed by atoms with Crippen molar-refractivity contribution >= 4 is 17.4 Å². The van der Waals surface area contributed by atoms with Gasteiger partial charge in [0.05, 0.1) is 12.1 Å². The topological polar surface area (TPSA) is 40.6 Å². The highest BCUT2D eigenvalue weighted by Gasteiger charge is 2.41. The molecule has 28 heavy (non-hydrogen) atoms. The second-order valence-electron chi connectivity index (χ2n) is 7.46. The summed E-state index contributed by atoms with van der Waals surface area (Å²) in [7, 11) is 0. The van der Waals surface area contributed by atoms with Crippen LogP contribution in [0.15, 0.2) is 54.2 Å². The summed E-state index contributed by atoms with van der Waals surface area (Å²) in [5.74, 6) is -0.929.